The Morgan fingerprint density at radius 3 is 1.80 bits per heavy atom. The molecule has 0 fully saturated rings. The van der Waals surface area contributed by atoms with E-state index in [9.17, 15) is 0 Å². The minimum atomic E-state index is 0.692. The number of pyridine rings is 1. The first-order chi connectivity index (χ1) is 27.8. The summed E-state index contributed by atoms with van der Waals surface area (Å²) in [4.78, 5) is 15.1. The highest BCUT2D eigenvalue weighted by Gasteiger charge is 2.19. The number of nitrogens with zero attached hydrogens (tertiary/aromatic N) is 5. The predicted octanol–water partition coefficient (Wildman–Crippen LogP) is 12.7. The summed E-state index contributed by atoms with van der Waals surface area (Å²) in [5.41, 5.74) is 13.6. The fourth-order valence-electron chi connectivity index (χ4n) is 8.24. The number of para-hydroxylation sites is 3. The van der Waals surface area contributed by atoms with Crippen LogP contribution in [-0.4, -0.2) is 24.1 Å². The van der Waals surface area contributed by atoms with Crippen LogP contribution in [0.1, 0.15) is 0 Å². The molecule has 0 aliphatic carbocycles. The Bertz CT molecular complexity index is 3180. The maximum atomic E-state index is 5.14. The zero-order chi connectivity index (χ0) is 37.0. The molecule has 11 aromatic rings. The lowest BCUT2D eigenvalue weighted by Crippen LogP contribution is -1.98. The van der Waals surface area contributed by atoms with E-state index in [1.54, 1.807) is 0 Å². The summed E-state index contributed by atoms with van der Waals surface area (Å²) in [6, 6.07) is 68.3. The molecule has 0 amide bonds. The molecular weight excluding hydrogens is 683 g/mol. The average molecular weight is 716 g/mol. The van der Waals surface area contributed by atoms with Gasteiger partial charge in [0.25, 0.3) is 0 Å². The minimum Gasteiger partial charge on any atom is -0.309 e. The van der Waals surface area contributed by atoms with Crippen molar-refractivity contribution in [3.8, 4) is 56.4 Å². The van der Waals surface area contributed by atoms with E-state index in [4.69, 9.17) is 15.0 Å². The van der Waals surface area contributed by atoms with E-state index in [1.165, 1.54) is 27.4 Å². The van der Waals surface area contributed by atoms with E-state index >= 15 is 0 Å². The molecule has 262 valence electrons. The molecule has 0 unspecified atom stereocenters. The molecule has 0 atom stereocenters. The Labute approximate surface area is 323 Å². The molecule has 7 aromatic carbocycles. The molecule has 0 saturated carbocycles. The Morgan fingerprint density at radius 2 is 0.982 bits per heavy atom. The summed E-state index contributed by atoms with van der Waals surface area (Å²) in [5, 5.41) is 4.72. The van der Waals surface area contributed by atoms with Gasteiger partial charge in [0, 0.05) is 61.4 Å². The third-order valence-corrected chi connectivity index (χ3v) is 10.8. The smallest absolute Gasteiger partial charge is 0.160 e. The molecule has 0 saturated heterocycles. The van der Waals surface area contributed by atoms with Crippen molar-refractivity contribution >= 4 is 43.7 Å². The number of benzene rings is 7. The van der Waals surface area contributed by atoms with Crippen molar-refractivity contribution in [1.29, 1.82) is 0 Å². The van der Waals surface area contributed by atoms with Crippen LogP contribution in [0.5, 0.6) is 0 Å². The molecular formula is C51H33N5. The Balaban J connectivity index is 1.12. The van der Waals surface area contributed by atoms with Crippen molar-refractivity contribution in [3.63, 3.8) is 0 Å². The molecule has 4 aromatic heterocycles. The molecule has 5 nitrogen and oxygen atoms in total. The van der Waals surface area contributed by atoms with Crippen molar-refractivity contribution in [2.24, 2.45) is 0 Å². The zero-order valence-electron chi connectivity index (χ0n) is 30.3. The number of hydrogen-bond donors (Lipinski definition) is 0. The molecule has 4 heterocycles. The SMILES string of the molecule is c1ccc(-c2cc(-c3cccc(-n4c5cc(-c6cccc7c8ccccc8n(-c8ccccc8)c67)ccc5c5cccnc54)c3)nc(-c3ccccc3)n2)cc1. The van der Waals surface area contributed by atoms with Gasteiger partial charge in [-0.15, -0.1) is 0 Å². The zero-order valence-corrected chi connectivity index (χ0v) is 30.3. The summed E-state index contributed by atoms with van der Waals surface area (Å²) >= 11 is 0. The lowest BCUT2D eigenvalue weighted by molar-refractivity contribution is 1.13. The van der Waals surface area contributed by atoms with Gasteiger partial charge in [0.15, 0.2) is 5.82 Å². The van der Waals surface area contributed by atoms with E-state index < -0.39 is 0 Å². The average Bonchev–Trinajstić information content (AvgIpc) is 3.80. The second-order valence-electron chi connectivity index (χ2n) is 14.1. The van der Waals surface area contributed by atoms with Gasteiger partial charge < -0.3 is 4.57 Å². The van der Waals surface area contributed by atoms with Gasteiger partial charge in [-0.3, -0.25) is 4.57 Å². The van der Waals surface area contributed by atoms with E-state index in [0.717, 1.165) is 67.0 Å². The van der Waals surface area contributed by atoms with Gasteiger partial charge in [-0.2, -0.15) is 0 Å². The van der Waals surface area contributed by atoms with Crippen LogP contribution in [0.25, 0.3) is 100 Å². The minimum absolute atomic E-state index is 0.692. The Hall–Kier alpha value is -7.63. The van der Waals surface area contributed by atoms with Crippen LogP contribution in [0, 0.1) is 0 Å². The van der Waals surface area contributed by atoms with Crippen LogP contribution in [-0.2, 0) is 0 Å². The number of fused-ring (bicyclic) bond motifs is 6. The maximum Gasteiger partial charge on any atom is 0.160 e. The largest absolute Gasteiger partial charge is 0.309 e. The highest BCUT2D eigenvalue weighted by atomic mass is 15.0. The van der Waals surface area contributed by atoms with Crippen molar-refractivity contribution in [3.05, 3.63) is 200 Å². The Kier molecular flexibility index (Phi) is 7.42. The summed E-state index contributed by atoms with van der Waals surface area (Å²) in [6.07, 6.45) is 1.88. The standard InChI is InChI=1S/C51H33N5/c1-4-15-34(16-5-1)45-33-46(54-50(53-45)35-17-6-2-7-18-35)37-19-12-22-39(31-37)56-48-32-36(28-29-42(48)44-26-14-30-52-51(44)56)40-24-13-25-43-41-23-10-11-27-47(41)55(49(40)43)38-20-8-3-9-21-38/h1-33H. The topological polar surface area (TPSA) is 48.5 Å². The van der Waals surface area contributed by atoms with Gasteiger partial charge >= 0.3 is 0 Å². The first kappa shape index (κ1) is 31.9. The van der Waals surface area contributed by atoms with Crippen LogP contribution in [0.3, 0.4) is 0 Å². The second-order valence-corrected chi connectivity index (χ2v) is 14.1. The van der Waals surface area contributed by atoms with Crippen LogP contribution < -0.4 is 0 Å². The number of rotatable bonds is 6. The van der Waals surface area contributed by atoms with Crippen LogP contribution >= 0.6 is 0 Å². The first-order valence-corrected chi connectivity index (χ1v) is 18.9. The van der Waals surface area contributed by atoms with Gasteiger partial charge in [0.2, 0.25) is 0 Å². The molecule has 11 rings (SSSR count). The van der Waals surface area contributed by atoms with E-state index in [1.807, 2.05) is 48.7 Å². The molecule has 56 heavy (non-hydrogen) atoms. The Morgan fingerprint density at radius 1 is 0.357 bits per heavy atom. The van der Waals surface area contributed by atoms with Crippen LogP contribution in [0.4, 0.5) is 0 Å². The lowest BCUT2D eigenvalue weighted by Gasteiger charge is -2.13. The molecule has 5 heteroatoms. The quantitative estimate of drug-likeness (QED) is 0.172. The van der Waals surface area contributed by atoms with Gasteiger partial charge in [0.05, 0.1) is 27.9 Å². The molecule has 0 bridgehead atoms. The molecule has 0 N–H and O–H groups in total. The first-order valence-electron chi connectivity index (χ1n) is 18.9. The third kappa shape index (κ3) is 5.21. The normalized spacial score (nSPS) is 11.6. The van der Waals surface area contributed by atoms with Crippen LogP contribution in [0.15, 0.2) is 200 Å². The number of aromatic nitrogens is 5. The van der Waals surface area contributed by atoms with Crippen molar-refractivity contribution in [2.45, 2.75) is 0 Å². The molecule has 0 aliphatic heterocycles. The highest BCUT2D eigenvalue weighted by Crippen LogP contribution is 2.41. The third-order valence-electron chi connectivity index (χ3n) is 10.8. The van der Waals surface area contributed by atoms with Gasteiger partial charge in [-0.05, 0) is 60.2 Å². The van der Waals surface area contributed by atoms with E-state index in [2.05, 4.69) is 161 Å². The van der Waals surface area contributed by atoms with E-state index in [-0.39, 0.29) is 0 Å². The second kappa shape index (κ2) is 13.0. The fraction of sp³-hybridized carbons (Fsp3) is 0. The fourth-order valence-corrected chi connectivity index (χ4v) is 8.24. The van der Waals surface area contributed by atoms with Crippen LogP contribution in [0.2, 0.25) is 0 Å². The predicted molar refractivity (Wildman–Crippen MR) is 230 cm³/mol. The highest BCUT2D eigenvalue weighted by molar-refractivity contribution is 6.15. The van der Waals surface area contributed by atoms with Crippen molar-refractivity contribution < 1.29 is 0 Å². The van der Waals surface area contributed by atoms with Crippen molar-refractivity contribution in [1.82, 2.24) is 24.1 Å². The van der Waals surface area contributed by atoms with Gasteiger partial charge in [-0.25, -0.2) is 15.0 Å². The molecule has 0 spiro atoms. The summed E-state index contributed by atoms with van der Waals surface area (Å²) < 4.78 is 4.70. The molecule has 0 aliphatic rings. The maximum absolute atomic E-state index is 5.14. The summed E-state index contributed by atoms with van der Waals surface area (Å²) in [7, 11) is 0. The summed E-state index contributed by atoms with van der Waals surface area (Å²) in [5.74, 6) is 0.692. The van der Waals surface area contributed by atoms with Gasteiger partial charge in [0.1, 0.15) is 5.65 Å². The van der Waals surface area contributed by atoms with E-state index in [0.29, 0.717) is 5.82 Å². The summed E-state index contributed by atoms with van der Waals surface area (Å²) in [6.45, 7) is 0. The van der Waals surface area contributed by atoms with Crippen molar-refractivity contribution in [2.75, 3.05) is 0 Å². The number of hydrogen-bond acceptors (Lipinski definition) is 3. The lowest BCUT2D eigenvalue weighted by atomic mass is 10.0. The molecule has 0 radical (unpaired) electrons. The van der Waals surface area contributed by atoms with Gasteiger partial charge in [-0.1, -0.05) is 140 Å². The monoisotopic (exact) mass is 715 g/mol.